The number of nitrogens with one attached hydrogen (secondary N) is 2. The Morgan fingerprint density at radius 2 is 1.64 bits per heavy atom. The van der Waals surface area contributed by atoms with E-state index < -0.39 is 0 Å². The zero-order valence-electron chi connectivity index (χ0n) is 22.5. The molecule has 3 aliphatic carbocycles. The number of carbonyl (C=O) groups is 2. The van der Waals surface area contributed by atoms with Gasteiger partial charge in [-0.25, -0.2) is 9.80 Å². The summed E-state index contributed by atoms with van der Waals surface area (Å²) in [6.07, 6.45) is 11.1. The summed E-state index contributed by atoms with van der Waals surface area (Å²) in [7, 11) is 0. The van der Waals surface area contributed by atoms with Crippen LogP contribution in [0.4, 0.5) is 4.79 Å². The molecular weight excluding hydrogens is 454 g/mol. The van der Waals surface area contributed by atoms with Crippen LogP contribution in [0.5, 0.6) is 0 Å². The van der Waals surface area contributed by atoms with Gasteiger partial charge in [0.1, 0.15) is 6.10 Å². The number of carbonyl (C=O) groups excluding carboxylic acids is 2. The van der Waals surface area contributed by atoms with Gasteiger partial charge in [0, 0.05) is 50.7 Å². The van der Waals surface area contributed by atoms with Crippen LogP contribution in [0.3, 0.4) is 0 Å². The van der Waals surface area contributed by atoms with E-state index >= 15 is 0 Å². The summed E-state index contributed by atoms with van der Waals surface area (Å²) in [6, 6.07) is 2.14. The molecule has 202 valence electrons. The number of fused-ring (bicyclic) bond motifs is 2. The Balaban J connectivity index is 1.13. The second-order valence-corrected chi connectivity index (χ2v) is 13.0. The van der Waals surface area contributed by atoms with E-state index in [0.29, 0.717) is 36.4 Å². The second-order valence-electron chi connectivity index (χ2n) is 13.0. The Kier molecular flexibility index (Phi) is 6.97. The molecule has 0 aromatic rings. The number of amides is 2. The Hall–Kier alpha value is -1.38. The largest absolute Gasteiger partial charge is 0.446 e. The molecule has 8 nitrogen and oxygen atoms in total. The summed E-state index contributed by atoms with van der Waals surface area (Å²) in [4.78, 5) is 30.5. The smallest absolute Gasteiger partial charge is 0.410 e. The average molecular weight is 502 g/mol. The summed E-state index contributed by atoms with van der Waals surface area (Å²) >= 11 is 0. The van der Waals surface area contributed by atoms with Gasteiger partial charge in [-0.2, -0.15) is 0 Å². The monoisotopic (exact) mass is 501 g/mol. The molecule has 0 spiro atoms. The van der Waals surface area contributed by atoms with Crippen LogP contribution >= 0.6 is 0 Å². The van der Waals surface area contributed by atoms with Crippen LogP contribution in [0.15, 0.2) is 0 Å². The SMILES string of the molecule is CC(=O)N1C2CCC(C3CNN(C4CC4)C3)CC2N(C(=O)OC2CCC3NC(C)CCC3C2)C[C@@H]1C. The third-order valence-corrected chi connectivity index (χ3v) is 10.4. The lowest BCUT2D eigenvalue weighted by Crippen LogP contribution is -2.67. The highest BCUT2D eigenvalue weighted by molar-refractivity contribution is 5.75. The maximum atomic E-state index is 13.7. The zero-order chi connectivity index (χ0) is 25.0. The predicted molar refractivity (Wildman–Crippen MR) is 138 cm³/mol. The van der Waals surface area contributed by atoms with E-state index in [-0.39, 0.29) is 36.2 Å². The van der Waals surface area contributed by atoms with Crippen LogP contribution in [-0.4, -0.2) is 88.8 Å². The van der Waals surface area contributed by atoms with E-state index in [2.05, 4.69) is 34.5 Å². The van der Waals surface area contributed by atoms with Crippen molar-refractivity contribution in [3.8, 4) is 0 Å². The van der Waals surface area contributed by atoms with Crippen molar-refractivity contribution in [1.82, 2.24) is 25.6 Å². The molecule has 6 rings (SSSR count). The summed E-state index contributed by atoms with van der Waals surface area (Å²) in [5, 5.41) is 6.23. The lowest BCUT2D eigenvalue weighted by atomic mass is 9.73. The number of rotatable bonds is 3. The van der Waals surface area contributed by atoms with E-state index in [9.17, 15) is 9.59 Å². The first-order chi connectivity index (χ1) is 17.4. The fourth-order valence-corrected chi connectivity index (χ4v) is 8.42. The summed E-state index contributed by atoms with van der Waals surface area (Å²) in [6.45, 7) is 8.83. The fraction of sp³-hybridized carbons (Fsp3) is 0.929. The number of piperazine rings is 1. The summed E-state index contributed by atoms with van der Waals surface area (Å²) in [5.74, 6) is 1.98. The van der Waals surface area contributed by atoms with Crippen LogP contribution in [-0.2, 0) is 9.53 Å². The van der Waals surface area contributed by atoms with Gasteiger partial charge in [0.05, 0.1) is 12.1 Å². The van der Waals surface area contributed by atoms with Crippen molar-refractivity contribution in [2.24, 2.45) is 17.8 Å². The Morgan fingerprint density at radius 1 is 0.833 bits per heavy atom. The first-order valence-corrected chi connectivity index (χ1v) is 14.9. The summed E-state index contributed by atoms with van der Waals surface area (Å²) in [5.41, 5.74) is 3.64. The van der Waals surface area contributed by atoms with E-state index in [4.69, 9.17) is 4.74 Å². The normalized spacial score (nSPS) is 43.6. The standard InChI is InChI=1S/C28H47N5O3/c1-17-4-5-21-12-24(9-10-25(21)30-17)36-28(35)31-15-18(2)33(19(3)34)26-11-6-20(13-27(26)31)22-14-29-32(16-22)23-7-8-23/h17-18,20-27,29-30H,4-16H2,1-3H3/t17?,18-,20?,21?,22?,24?,25?,26?,27?/m0/s1. The highest BCUT2D eigenvalue weighted by Crippen LogP contribution is 2.41. The molecule has 6 aliphatic rings. The van der Waals surface area contributed by atoms with Gasteiger partial charge >= 0.3 is 6.09 Å². The summed E-state index contributed by atoms with van der Waals surface area (Å²) < 4.78 is 6.25. The predicted octanol–water partition coefficient (Wildman–Crippen LogP) is 3.12. The lowest BCUT2D eigenvalue weighted by Gasteiger charge is -2.54. The van der Waals surface area contributed by atoms with Crippen LogP contribution in [0, 0.1) is 17.8 Å². The number of piperidine rings is 1. The third-order valence-electron chi connectivity index (χ3n) is 10.4. The van der Waals surface area contributed by atoms with Crippen LogP contribution in [0.2, 0.25) is 0 Å². The van der Waals surface area contributed by atoms with Crippen LogP contribution in [0.25, 0.3) is 0 Å². The molecule has 3 heterocycles. The first kappa shape index (κ1) is 24.9. The highest BCUT2D eigenvalue weighted by atomic mass is 16.6. The highest BCUT2D eigenvalue weighted by Gasteiger charge is 2.49. The molecule has 3 saturated heterocycles. The van der Waals surface area contributed by atoms with Crippen molar-refractivity contribution >= 4 is 12.0 Å². The Morgan fingerprint density at radius 3 is 2.42 bits per heavy atom. The van der Waals surface area contributed by atoms with Gasteiger partial charge in [0.2, 0.25) is 5.91 Å². The Bertz CT molecular complexity index is 836. The topological polar surface area (TPSA) is 77.2 Å². The van der Waals surface area contributed by atoms with E-state index in [1.165, 1.54) is 25.7 Å². The van der Waals surface area contributed by atoms with Gasteiger partial charge in [-0.1, -0.05) is 0 Å². The average Bonchev–Trinajstić information content (AvgIpc) is 3.59. The molecule has 0 bridgehead atoms. The number of nitrogens with zero attached hydrogens (tertiary/aromatic N) is 3. The van der Waals surface area contributed by atoms with Crippen molar-refractivity contribution in [3.63, 3.8) is 0 Å². The maximum absolute atomic E-state index is 13.7. The van der Waals surface area contributed by atoms with Crippen molar-refractivity contribution in [1.29, 1.82) is 0 Å². The van der Waals surface area contributed by atoms with Crippen molar-refractivity contribution in [2.45, 2.75) is 127 Å². The maximum Gasteiger partial charge on any atom is 0.410 e. The van der Waals surface area contributed by atoms with Crippen molar-refractivity contribution in [3.05, 3.63) is 0 Å². The minimum absolute atomic E-state index is 0.0269. The van der Waals surface area contributed by atoms with Gasteiger partial charge in [0.25, 0.3) is 0 Å². The molecule has 0 aromatic carbocycles. The second kappa shape index (κ2) is 10.1. The Labute approximate surface area is 216 Å². The number of hydrazine groups is 1. The van der Waals surface area contributed by atoms with E-state index in [1.54, 1.807) is 6.92 Å². The van der Waals surface area contributed by atoms with Crippen molar-refractivity contribution < 1.29 is 14.3 Å². The minimum Gasteiger partial charge on any atom is -0.446 e. The van der Waals surface area contributed by atoms with Crippen LogP contribution in [0.1, 0.15) is 85.0 Å². The molecular formula is C28H47N5O3. The van der Waals surface area contributed by atoms with Gasteiger partial charge in [-0.3, -0.25) is 10.2 Å². The molecule has 8 unspecified atom stereocenters. The van der Waals surface area contributed by atoms with E-state index in [1.807, 2.05) is 4.90 Å². The molecule has 8 heteroatoms. The van der Waals surface area contributed by atoms with Gasteiger partial charge in [-0.05, 0) is 95.8 Å². The molecule has 9 atom stereocenters. The minimum atomic E-state index is -0.134. The number of hydrogen-bond acceptors (Lipinski definition) is 6. The lowest BCUT2D eigenvalue weighted by molar-refractivity contribution is -0.142. The molecule has 36 heavy (non-hydrogen) atoms. The van der Waals surface area contributed by atoms with E-state index in [0.717, 1.165) is 57.7 Å². The van der Waals surface area contributed by atoms with Gasteiger partial charge < -0.3 is 19.9 Å². The molecule has 3 aliphatic heterocycles. The first-order valence-electron chi connectivity index (χ1n) is 14.9. The molecule has 6 fully saturated rings. The number of hydrogen-bond donors (Lipinski definition) is 2. The molecule has 3 saturated carbocycles. The quantitative estimate of drug-likeness (QED) is 0.619. The molecule has 0 aromatic heterocycles. The third kappa shape index (κ3) is 4.90. The molecule has 2 N–H and O–H groups in total. The number of ether oxygens (including phenoxy) is 1. The van der Waals surface area contributed by atoms with Crippen LogP contribution < -0.4 is 10.7 Å². The van der Waals surface area contributed by atoms with Gasteiger partial charge in [-0.15, -0.1) is 0 Å². The van der Waals surface area contributed by atoms with Gasteiger partial charge in [0.15, 0.2) is 0 Å². The zero-order valence-corrected chi connectivity index (χ0v) is 22.5. The molecule has 0 radical (unpaired) electrons. The molecule has 2 amide bonds. The van der Waals surface area contributed by atoms with Crippen molar-refractivity contribution in [2.75, 3.05) is 19.6 Å². The fourth-order valence-electron chi connectivity index (χ4n) is 8.42.